The second-order valence-corrected chi connectivity index (χ2v) is 30.6. The van der Waals surface area contributed by atoms with Gasteiger partial charge in [0.15, 0.2) is 0 Å². The van der Waals surface area contributed by atoms with Gasteiger partial charge in [-0.25, -0.2) is 27.5 Å². The van der Waals surface area contributed by atoms with Gasteiger partial charge in [0.05, 0.1) is 11.8 Å². The first-order valence-electron chi connectivity index (χ1n) is 33.0. The Bertz CT molecular complexity index is 3660. The number of carbonyl (C=O) groups excluding carboxylic acids is 8. The first-order valence-corrected chi connectivity index (χ1v) is 34.6. The Morgan fingerprint density at radius 3 is 1.68 bits per heavy atom. The van der Waals surface area contributed by atoms with Crippen LogP contribution in [-0.2, 0) is 72.3 Å². The third-order valence-electron chi connectivity index (χ3n) is 16.7. The van der Waals surface area contributed by atoms with E-state index in [1.54, 1.807) is 93.6 Å². The molecule has 6 rings (SSSR count). The molecule has 6 N–H and O–H groups in total. The van der Waals surface area contributed by atoms with Crippen molar-refractivity contribution in [3.8, 4) is 11.1 Å². The lowest BCUT2D eigenvalue weighted by atomic mass is 9.76. The Morgan fingerprint density at radius 1 is 0.577 bits per heavy atom. The van der Waals surface area contributed by atoms with E-state index >= 15 is 0 Å². The van der Waals surface area contributed by atoms with Gasteiger partial charge in [0.2, 0.25) is 33.7 Å². The van der Waals surface area contributed by atoms with Crippen LogP contribution in [0.5, 0.6) is 0 Å². The molecule has 22 heteroatoms. The molecule has 0 spiro atoms. The van der Waals surface area contributed by atoms with Crippen molar-refractivity contribution in [1.82, 2.24) is 41.1 Å². The van der Waals surface area contributed by atoms with Crippen LogP contribution in [0.3, 0.4) is 0 Å². The number of ether oxygens (including phenoxy) is 3. The summed E-state index contributed by atoms with van der Waals surface area (Å²) in [6.07, 6.45) is 0.408. The maximum atomic E-state index is 14.8. The molecule has 0 aliphatic heterocycles. The fourth-order valence-electron chi connectivity index (χ4n) is 11.7. The van der Waals surface area contributed by atoms with Crippen LogP contribution in [0.2, 0.25) is 0 Å². The molecule has 8 amide bonds. The molecule has 97 heavy (non-hydrogen) atoms. The van der Waals surface area contributed by atoms with Gasteiger partial charge in [-0.1, -0.05) is 188 Å². The van der Waals surface area contributed by atoms with E-state index in [4.69, 9.17) is 14.2 Å². The Balaban J connectivity index is 1.11. The third kappa shape index (κ3) is 22.5. The number of benzene rings is 5. The molecule has 1 aliphatic carbocycles. The molecule has 0 aromatic heterocycles. The van der Waals surface area contributed by atoms with Crippen LogP contribution in [0, 0.1) is 11.3 Å². The van der Waals surface area contributed by atoms with Gasteiger partial charge in [0.25, 0.3) is 5.91 Å². The molecular formula is C75H100N8O13S. The van der Waals surface area contributed by atoms with E-state index in [1.807, 2.05) is 137 Å². The number of sulfonamides is 1. The van der Waals surface area contributed by atoms with Crippen LogP contribution < -0.4 is 31.3 Å². The molecule has 1 aliphatic rings. The number of nitrogens with zero attached hydrogens (tertiary/aromatic N) is 2. The van der Waals surface area contributed by atoms with Gasteiger partial charge >= 0.3 is 18.3 Å². The number of carbonyl (C=O) groups is 8. The zero-order valence-electron chi connectivity index (χ0n) is 59.1. The molecule has 5 aromatic rings. The number of likely N-dealkylation sites (N-methyl/N-ethyl adjacent to an activating group) is 2. The second-order valence-electron chi connectivity index (χ2n) is 28.8. The molecule has 0 saturated heterocycles. The van der Waals surface area contributed by atoms with Crippen molar-refractivity contribution in [3.63, 3.8) is 0 Å². The van der Waals surface area contributed by atoms with Crippen molar-refractivity contribution in [2.45, 2.75) is 188 Å². The summed E-state index contributed by atoms with van der Waals surface area (Å²) in [4.78, 5) is 114. The van der Waals surface area contributed by atoms with Crippen LogP contribution in [0.15, 0.2) is 145 Å². The molecule has 0 radical (unpaired) electrons. The molecule has 0 saturated carbocycles. The lowest BCUT2D eigenvalue weighted by Crippen LogP contribution is -2.63. The van der Waals surface area contributed by atoms with Gasteiger partial charge in [-0.2, -0.15) is 0 Å². The van der Waals surface area contributed by atoms with E-state index in [2.05, 4.69) is 31.3 Å². The first kappa shape index (κ1) is 77.0. The van der Waals surface area contributed by atoms with Crippen LogP contribution >= 0.6 is 0 Å². The van der Waals surface area contributed by atoms with Crippen molar-refractivity contribution in [1.29, 1.82) is 0 Å². The molecule has 0 fully saturated rings. The van der Waals surface area contributed by atoms with E-state index in [1.165, 1.54) is 29.8 Å². The van der Waals surface area contributed by atoms with Crippen molar-refractivity contribution in [3.05, 3.63) is 178 Å². The highest BCUT2D eigenvalue weighted by Crippen LogP contribution is 2.44. The van der Waals surface area contributed by atoms with Crippen LogP contribution in [0.4, 0.5) is 14.4 Å². The van der Waals surface area contributed by atoms with E-state index in [0.717, 1.165) is 33.4 Å². The highest BCUT2D eigenvalue weighted by Gasteiger charge is 2.46. The minimum Gasteiger partial charge on any atom is -0.449 e. The minimum atomic E-state index is -4.31. The summed E-state index contributed by atoms with van der Waals surface area (Å²) in [5, 5.41) is 14.2. The molecule has 5 atom stereocenters. The minimum absolute atomic E-state index is 0.0125. The maximum Gasteiger partial charge on any atom is 0.410 e. The molecule has 21 nitrogen and oxygen atoms in total. The third-order valence-corrected chi connectivity index (χ3v) is 17.9. The van der Waals surface area contributed by atoms with Crippen molar-refractivity contribution >= 4 is 57.8 Å². The number of amides is 8. The van der Waals surface area contributed by atoms with Gasteiger partial charge in [0.1, 0.15) is 42.0 Å². The average Bonchev–Trinajstić information content (AvgIpc) is 1.34. The number of alkyl carbamates (subject to hydrolysis) is 2. The number of unbranched alkanes of at least 4 members (excludes halogenated alkanes) is 1. The molecule has 0 unspecified atom stereocenters. The van der Waals surface area contributed by atoms with Crippen molar-refractivity contribution in [2.24, 2.45) is 11.3 Å². The van der Waals surface area contributed by atoms with Gasteiger partial charge in [-0.15, -0.1) is 0 Å². The summed E-state index contributed by atoms with van der Waals surface area (Å²) in [5.41, 5.74) is 3.16. The Kier molecular flexibility index (Phi) is 26.4. The largest absolute Gasteiger partial charge is 0.449 e. The zero-order valence-corrected chi connectivity index (χ0v) is 59.9. The molecule has 0 heterocycles. The molecule has 0 bridgehead atoms. The average molecular weight is 1350 g/mol. The predicted octanol–water partition coefficient (Wildman–Crippen LogP) is 10.8. The maximum absolute atomic E-state index is 14.8. The summed E-state index contributed by atoms with van der Waals surface area (Å²) in [7, 11) is -1.27. The van der Waals surface area contributed by atoms with Gasteiger partial charge in [-0.05, 0) is 124 Å². The Hall–Kier alpha value is -9.05. The molecule has 524 valence electrons. The SMILES string of the molecule is C/C(=C\[C@H](C(C)C)N(C)C(=O)[C@@H](NC(=O)[C@@H](N(C)C(=O)OC(C)(C)C)C(C)(C)c1ccccc1)C(C)(C)C)C(=O)NS(=O)(=O)Cc1ccc(CNC(=O)[C@@H](CCCCNC(=O)OC(C)(C)C)NC(=O)[C@@H](Cc2ccccc2)NC(=O)OCC2c3ccccc3-c3ccccc32)cc1. The summed E-state index contributed by atoms with van der Waals surface area (Å²) in [5.74, 6) is -4.30. The fourth-order valence-corrected chi connectivity index (χ4v) is 12.8. The second kappa shape index (κ2) is 33.3. The number of nitrogens with one attached hydrogen (secondary N) is 6. The van der Waals surface area contributed by atoms with Gasteiger partial charge in [0, 0.05) is 50.5 Å². The van der Waals surface area contributed by atoms with E-state index in [-0.39, 0.29) is 49.9 Å². The lowest BCUT2D eigenvalue weighted by Gasteiger charge is -2.42. The van der Waals surface area contributed by atoms with Crippen molar-refractivity contribution in [2.75, 3.05) is 27.2 Å². The molecule has 5 aromatic carbocycles. The smallest absolute Gasteiger partial charge is 0.410 e. The number of fused-ring (bicyclic) bond motifs is 3. The number of hydrogen-bond donors (Lipinski definition) is 6. The highest BCUT2D eigenvalue weighted by molar-refractivity contribution is 7.89. The monoisotopic (exact) mass is 1350 g/mol. The van der Waals surface area contributed by atoms with Crippen LogP contribution in [-0.4, -0.2) is 135 Å². The number of rotatable bonds is 28. The van der Waals surface area contributed by atoms with Gasteiger partial charge < -0.3 is 45.7 Å². The molecular weight excluding hydrogens is 1250 g/mol. The topological polar surface area (TPSA) is 277 Å². The van der Waals surface area contributed by atoms with E-state index in [0.29, 0.717) is 24.0 Å². The summed E-state index contributed by atoms with van der Waals surface area (Å²) in [6.45, 7) is 24.9. The lowest BCUT2D eigenvalue weighted by molar-refractivity contribution is -0.141. The highest BCUT2D eigenvalue weighted by atomic mass is 32.2. The van der Waals surface area contributed by atoms with Gasteiger partial charge in [-0.3, -0.25) is 28.9 Å². The van der Waals surface area contributed by atoms with Crippen LogP contribution in [0.1, 0.15) is 155 Å². The Labute approximate surface area is 573 Å². The Morgan fingerprint density at radius 2 is 1.12 bits per heavy atom. The van der Waals surface area contributed by atoms with Crippen molar-refractivity contribution < 1.29 is 61.0 Å². The fraction of sp³-hybridized carbons (Fsp3) is 0.467. The number of hydrogen-bond acceptors (Lipinski definition) is 13. The van der Waals surface area contributed by atoms with E-state index in [9.17, 15) is 46.8 Å². The predicted molar refractivity (Wildman–Crippen MR) is 375 cm³/mol. The van der Waals surface area contributed by atoms with Crippen LogP contribution in [0.25, 0.3) is 11.1 Å². The standard InChI is InChI=1S/C75H100N8O13S/c1-48(2)61(82(15)68(88)62(72(4,5)6)80-67(87)63(83(16)71(91)96-74(10,11)12)75(13,14)53-31-21-18-22-32-53)43-49(3)64(84)81-97(92,93)47-52-40-38-51(39-41-52)45-77-65(85)59(37-27-28-42-76-69(89)95-73(7,8)9)78-66(86)60(44-50-29-19-17-20-30-50)79-70(90)94-46-58-56-35-25-23-33-54(56)55-34-24-26-36-57(55)58/h17-26,29-36,38-41,43,48,58-63H,27-28,37,42,44-47H2,1-16H3,(H,76,89)(H,77,85)(H,78,86)(H,79,90)(H,80,87)(H,81,84)/b49-43+/t59-,60-,61-,62-,63-/m1/s1. The summed E-state index contributed by atoms with van der Waals surface area (Å²) < 4.78 is 46.4. The zero-order chi connectivity index (χ0) is 71.8. The normalized spacial score (nSPS) is 14.2. The quantitative estimate of drug-likeness (QED) is 0.0155. The van der Waals surface area contributed by atoms with E-state index < -0.39 is 116 Å². The first-order chi connectivity index (χ1) is 45.3. The summed E-state index contributed by atoms with van der Waals surface area (Å²) >= 11 is 0. The summed E-state index contributed by atoms with van der Waals surface area (Å²) in [6, 6.07) is 35.3.